The molecule has 1 atom stereocenters. The Morgan fingerprint density at radius 3 is 2.89 bits per heavy atom. The molecule has 0 aromatic heterocycles. The van der Waals surface area contributed by atoms with Crippen LogP contribution in [0.5, 0.6) is 0 Å². The van der Waals surface area contributed by atoms with Crippen LogP contribution in [0, 0.1) is 5.41 Å². The van der Waals surface area contributed by atoms with Gasteiger partial charge < -0.3 is 9.57 Å². The maximum absolute atomic E-state index is 12.2. The summed E-state index contributed by atoms with van der Waals surface area (Å²) in [5, 5.41) is 3.80. The van der Waals surface area contributed by atoms with Gasteiger partial charge in [0.05, 0.1) is 12.3 Å². The van der Waals surface area contributed by atoms with Crippen molar-refractivity contribution in [2.75, 3.05) is 12.5 Å². The van der Waals surface area contributed by atoms with Crippen molar-refractivity contribution in [1.29, 1.82) is 0 Å². The lowest BCUT2D eigenvalue weighted by atomic mass is 9.81. The first kappa shape index (κ1) is 15.7. The molecule has 0 spiro atoms. The van der Waals surface area contributed by atoms with E-state index in [0.717, 1.165) is 6.42 Å². The Kier molecular flexibility index (Phi) is 6.02. The topological polar surface area (TPSA) is 65.0 Å². The first-order valence-electron chi connectivity index (χ1n) is 6.22. The third-order valence-corrected chi connectivity index (χ3v) is 3.31. The predicted octanol–water partition coefficient (Wildman–Crippen LogP) is 2.43. The van der Waals surface area contributed by atoms with Gasteiger partial charge in [0.2, 0.25) is 0 Å². The summed E-state index contributed by atoms with van der Waals surface area (Å²) < 4.78 is 5.11. The summed E-state index contributed by atoms with van der Waals surface area (Å²) >= 11 is 5.33. The molecule has 0 amide bonds. The van der Waals surface area contributed by atoms with Crippen molar-refractivity contribution >= 4 is 29.3 Å². The van der Waals surface area contributed by atoms with Gasteiger partial charge >= 0.3 is 11.9 Å². The zero-order chi connectivity index (χ0) is 14.3. The van der Waals surface area contributed by atoms with Crippen molar-refractivity contribution in [2.45, 2.75) is 32.6 Å². The fourth-order valence-electron chi connectivity index (χ4n) is 2.24. The molecule has 1 rings (SSSR count). The summed E-state index contributed by atoms with van der Waals surface area (Å²) in [5.74, 6) is -1.25. The molecule has 1 aliphatic rings. The highest BCUT2D eigenvalue weighted by molar-refractivity contribution is 6.26. The number of halogens is 1. The number of nitrogens with zero attached hydrogens (tertiary/aromatic N) is 1. The van der Waals surface area contributed by atoms with Gasteiger partial charge in [-0.25, -0.2) is 4.79 Å². The summed E-state index contributed by atoms with van der Waals surface area (Å²) in [6.45, 7) is 5.71. The van der Waals surface area contributed by atoms with Crippen molar-refractivity contribution in [3.8, 4) is 0 Å². The number of carbonyl (C=O) groups excluding carboxylic acids is 2. The Morgan fingerprint density at radius 1 is 1.58 bits per heavy atom. The lowest BCUT2D eigenvalue weighted by Crippen LogP contribution is -2.37. The minimum absolute atomic E-state index is 0.273. The molecule has 0 aliphatic heterocycles. The number of alkyl halides is 1. The molecule has 19 heavy (non-hydrogen) atoms. The van der Waals surface area contributed by atoms with E-state index >= 15 is 0 Å². The molecule has 106 valence electrons. The molecule has 0 aromatic carbocycles. The highest BCUT2D eigenvalue weighted by atomic mass is 35.5. The highest BCUT2D eigenvalue weighted by Crippen LogP contribution is 2.40. The van der Waals surface area contributed by atoms with E-state index in [1.54, 1.807) is 13.0 Å². The van der Waals surface area contributed by atoms with Crippen molar-refractivity contribution in [2.24, 2.45) is 10.6 Å². The molecule has 0 unspecified atom stereocenters. The van der Waals surface area contributed by atoms with Gasteiger partial charge in [0.15, 0.2) is 0 Å². The molecule has 1 fully saturated rings. The maximum Gasteiger partial charge on any atom is 0.349 e. The normalized spacial score (nSPS) is 24.2. The van der Waals surface area contributed by atoms with E-state index in [1.807, 2.05) is 0 Å². The Balaban J connectivity index is 2.96. The van der Waals surface area contributed by atoms with Crippen LogP contribution in [0.1, 0.15) is 32.6 Å². The van der Waals surface area contributed by atoms with E-state index in [9.17, 15) is 9.59 Å². The molecular weight excluding hydrogens is 270 g/mol. The second-order valence-electron chi connectivity index (χ2n) is 4.28. The molecule has 0 radical (unpaired) electrons. The Hall–Kier alpha value is -1.36. The summed E-state index contributed by atoms with van der Waals surface area (Å²) in [7, 11) is 0. The van der Waals surface area contributed by atoms with E-state index in [4.69, 9.17) is 16.3 Å². The van der Waals surface area contributed by atoms with Gasteiger partial charge in [-0.15, -0.1) is 18.2 Å². The van der Waals surface area contributed by atoms with Crippen LogP contribution in [-0.2, 0) is 19.2 Å². The van der Waals surface area contributed by atoms with Crippen LogP contribution in [0.15, 0.2) is 17.8 Å². The second kappa shape index (κ2) is 7.28. The van der Waals surface area contributed by atoms with Crippen molar-refractivity contribution in [3.63, 3.8) is 0 Å². The zero-order valence-electron chi connectivity index (χ0n) is 11.0. The van der Waals surface area contributed by atoms with Gasteiger partial charge in [-0.1, -0.05) is 11.2 Å². The number of rotatable bonds is 6. The van der Waals surface area contributed by atoms with E-state index in [0.29, 0.717) is 31.6 Å². The van der Waals surface area contributed by atoms with Crippen molar-refractivity contribution in [1.82, 2.24) is 0 Å². The number of carbonyl (C=O) groups is 2. The van der Waals surface area contributed by atoms with Crippen LogP contribution >= 0.6 is 11.6 Å². The molecule has 0 aromatic rings. The maximum atomic E-state index is 12.2. The minimum atomic E-state index is -0.843. The molecule has 1 aliphatic carbocycles. The van der Waals surface area contributed by atoms with E-state index in [2.05, 4.69) is 16.6 Å². The molecule has 0 bridgehead atoms. The minimum Gasteiger partial charge on any atom is -0.465 e. The van der Waals surface area contributed by atoms with Gasteiger partial charge in [0.25, 0.3) is 0 Å². The molecule has 0 N–H and O–H groups in total. The first-order chi connectivity index (χ1) is 9.10. The molecule has 5 nitrogen and oxygen atoms in total. The second-order valence-corrected chi connectivity index (χ2v) is 4.55. The van der Waals surface area contributed by atoms with Crippen LogP contribution in [-0.4, -0.2) is 30.1 Å². The van der Waals surface area contributed by atoms with Gasteiger partial charge in [-0.3, -0.25) is 4.79 Å². The number of hydrogen-bond donors (Lipinski definition) is 0. The Morgan fingerprint density at radius 2 is 2.32 bits per heavy atom. The molecule has 1 saturated carbocycles. The standard InChI is InChI=1S/C13H18ClNO4/c1-3-7-13(12(17)18-4-2)8-5-6-10(13)15-19-11(16)9-14/h3H,1,4-9H2,2H3/b15-10+/t13-/m1/s1. The fourth-order valence-corrected chi connectivity index (χ4v) is 2.29. The number of oxime groups is 1. The van der Waals surface area contributed by atoms with Crippen molar-refractivity contribution in [3.05, 3.63) is 12.7 Å². The van der Waals surface area contributed by atoms with Crippen LogP contribution in [0.4, 0.5) is 0 Å². The zero-order valence-corrected chi connectivity index (χ0v) is 11.7. The average molecular weight is 288 g/mol. The summed E-state index contributed by atoms with van der Waals surface area (Å²) in [4.78, 5) is 27.9. The number of hydrogen-bond acceptors (Lipinski definition) is 5. The van der Waals surface area contributed by atoms with Crippen LogP contribution in [0.2, 0.25) is 0 Å². The Bertz CT molecular complexity index is 394. The van der Waals surface area contributed by atoms with Crippen LogP contribution in [0.25, 0.3) is 0 Å². The molecular formula is C13H18ClNO4. The van der Waals surface area contributed by atoms with Crippen molar-refractivity contribution < 1.29 is 19.2 Å². The lowest BCUT2D eigenvalue weighted by Gasteiger charge is -2.25. The van der Waals surface area contributed by atoms with Crippen LogP contribution < -0.4 is 0 Å². The van der Waals surface area contributed by atoms with Gasteiger partial charge in [-0.2, -0.15) is 0 Å². The number of allylic oxidation sites excluding steroid dienone is 1. The van der Waals surface area contributed by atoms with Crippen LogP contribution in [0.3, 0.4) is 0 Å². The monoisotopic (exact) mass is 287 g/mol. The number of esters is 1. The van der Waals surface area contributed by atoms with Gasteiger partial charge in [0.1, 0.15) is 11.3 Å². The van der Waals surface area contributed by atoms with Gasteiger partial charge in [-0.05, 0) is 32.6 Å². The Labute approximate surface area is 117 Å². The molecule has 6 heteroatoms. The largest absolute Gasteiger partial charge is 0.465 e. The SMILES string of the molecule is C=CC[C@@]1(C(=O)OCC)CCC/C1=N\OC(=O)CCl. The summed E-state index contributed by atoms with van der Waals surface area (Å²) in [6.07, 6.45) is 4.09. The molecule has 0 heterocycles. The third-order valence-electron chi connectivity index (χ3n) is 3.10. The first-order valence-corrected chi connectivity index (χ1v) is 6.75. The van der Waals surface area contributed by atoms with E-state index in [1.165, 1.54) is 0 Å². The van der Waals surface area contributed by atoms with E-state index in [-0.39, 0.29) is 11.8 Å². The fraction of sp³-hybridized carbons (Fsp3) is 0.615. The predicted molar refractivity (Wildman–Crippen MR) is 72.0 cm³/mol. The smallest absolute Gasteiger partial charge is 0.349 e. The van der Waals surface area contributed by atoms with Gasteiger partial charge in [0, 0.05) is 0 Å². The summed E-state index contributed by atoms with van der Waals surface area (Å²) in [6, 6.07) is 0. The molecule has 0 saturated heterocycles. The third kappa shape index (κ3) is 3.56. The van der Waals surface area contributed by atoms with E-state index < -0.39 is 11.4 Å². The summed E-state index contributed by atoms with van der Waals surface area (Å²) in [5.41, 5.74) is -0.311. The number of ether oxygens (including phenoxy) is 1. The quantitative estimate of drug-likeness (QED) is 0.247. The lowest BCUT2D eigenvalue weighted by molar-refractivity contribution is -0.151. The highest BCUT2D eigenvalue weighted by Gasteiger charge is 2.47. The average Bonchev–Trinajstić information content (AvgIpc) is 2.81.